The number of methoxy groups -OCH3 is 1. The molecule has 0 radical (unpaired) electrons. The molecule has 2 aromatic carbocycles. The lowest BCUT2D eigenvalue weighted by atomic mass is 9.79. The lowest BCUT2D eigenvalue weighted by Gasteiger charge is -2.48. The van der Waals surface area contributed by atoms with E-state index in [1.807, 2.05) is 54.1 Å². The van der Waals surface area contributed by atoms with Gasteiger partial charge in [-0.05, 0) is 80.0 Å². The van der Waals surface area contributed by atoms with Crippen LogP contribution >= 0.6 is 0 Å². The van der Waals surface area contributed by atoms with Crippen molar-refractivity contribution in [1.29, 1.82) is 0 Å². The van der Waals surface area contributed by atoms with Gasteiger partial charge in [-0.15, -0.1) is 0 Å². The van der Waals surface area contributed by atoms with E-state index in [4.69, 9.17) is 4.74 Å². The summed E-state index contributed by atoms with van der Waals surface area (Å²) >= 11 is 0. The van der Waals surface area contributed by atoms with Crippen LogP contribution in [0.5, 0.6) is 5.75 Å². The molecule has 0 unspecified atom stereocenters. The molecule has 2 aliphatic heterocycles. The van der Waals surface area contributed by atoms with Crippen LogP contribution in [0.25, 0.3) is 11.8 Å². The van der Waals surface area contributed by atoms with Crippen molar-refractivity contribution in [2.75, 3.05) is 7.11 Å². The molecule has 5 rings (SSSR count). The highest BCUT2D eigenvalue weighted by Crippen LogP contribution is 2.43. The van der Waals surface area contributed by atoms with Gasteiger partial charge >= 0.3 is 0 Å². The van der Waals surface area contributed by atoms with Crippen molar-refractivity contribution in [3.05, 3.63) is 83.2 Å². The fourth-order valence-electron chi connectivity index (χ4n) is 5.45. The number of aryl methyl sites for hydroxylation is 1. The number of carbonyl (C=O) groups excluding carboxylic acids is 1. The Morgan fingerprint density at radius 3 is 2.65 bits per heavy atom. The van der Waals surface area contributed by atoms with Crippen LogP contribution in [0.2, 0.25) is 0 Å². The summed E-state index contributed by atoms with van der Waals surface area (Å²) in [5.41, 5.74) is 4.59. The second-order valence-electron chi connectivity index (χ2n) is 9.57. The van der Waals surface area contributed by atoms with Gasteiger partial charge in [0.25, 0.3) is 5.91 Å². The minimum absolute atomic E-state index is 0.0213. The molecule has 0 saturated carbocycles. The quantitative estimate of drug-likeness (QED) is 0.458. The fraction of sp³-hybridized carbons (Fsp3) is 0.357. The summed E-state index contributed by atoms with van der Waals surface area (Å²) in [7, 11) is 1.65. The van der Waals surface area contributed by atoms with Crippen molar-refractivity contribution < 1.29 is 13.9 Å². The summed E-state index contributed by atoms with van der Waals surface area (Å²) in [5, 5.41) is 0. The molecule has 2 aliphatic rings. The Kier molecular flexibility index (Phi) is 5.98. The molecule has 3 aromatic rings. The van der Waals surface area contributed by atoms with Crippen molar-refractivity contribution in [2.45, 2.75) is 51.6 Å². The van der Waals surface area contributed by atoms with Gasteiger partial charge in [0.15, 0.2) is 0 Å². The SMILES string of the molecule is COc1cc(C=C2CC[C@H]3C[C@@H](C)C[C@H](c4ccc(F)cc4)N3C2=O)ccc1-n1cnc(C)c1. The van der Waals surface area contributed by atoms with E-state index in [9.17, 15) is 9.18 Å². The van der Waals surface area contributed by atoms with Crippen molar-refractivity contribution in [1.82, 2.24) is 14.5 Å². The Morgan fingerprint density at radius 2 is 1.94 bits per heavy atom. The molecule has 3 heterocycles. The highest BCUT2D eigenvalue weighted by atomic mass is 19.1. The van der Waals surface area contributed by atoms with E-state index in [1.54, 1.807) is 13.4 Å². The molecule has 2 fully saturated rings. The van der Waals surface area contributed by atoms with Crippen molar-refractivity contribution in [3.8, 4) is 11.4 Å². The van der Waals surface area contributed by atoms with Crippen LogP contribution in [0.3, 0.4) is 0 Å². The summed E-state index contributed by atoms with van der Waals surface area (Å²) in [5.74, 6) is 1.09. The minimum atomic E-state index is -0.252. The maximum Gasteiger partial charge on any atom is 0.250 e. The number of carbonyl (C=O) groups is 1. The maximum atomic E-state index is 13.7. The Balaban J connectivity index is 1.45. The minimum Gasteiger partial charge on any atom is -0.495 e. The van der Waals surface area contributed by atoms with Crippen LogP contribution in [0.1, 0.15) is 55.5 Å². The van der Waals surface area contributed by atoms with Crippen molar-refractivity contribution >= 4 is 12.0 Å². The lowest BCUT2D eigenvalue weighted by Crippen LogP contribution is -2.50. The Morgan fingerprint density at radius 1 is 1.15 bits per heavy atom. The van der Waals surface area contributed by atoms with Crippen LogP contribution in [0, 0.1) is 18.7 Å². The lowest BCUT2D eigenvalue weighted by molar-refractivity contribution is -0.137. The second-order valence-corrected chi connectivity index (χ2v) is 9.57. The second kappa shape index (κ2) is 9.09. The van der Waals surface area contributed by atoms with E-state index in [1.165, 1.54) is 12.1 Å². The zero-order chi connectivity index (χ0) is 23.8. The third-order valence-corrected chi connectivity index (χ3v) is 7.07. The van der Waals surface area contributed by atoms with Gasteiger partial charge in [0.2, 0.25) is 0 Å². The number of halogens is 1. The number of rotatable bonds is 4. The number of hydrogen-bond donors (Lipinski definition) is 0. The number of piperidine rings is 2. The number of imidazole rings is 1. The number of ether oxygens (including phenoxy) is 1. The molecular weight excluding hydrogens is 429 g/mol. The van der Waals surface area contributed by atoms with Crippen LogP contribution in [0.15, 0.2) is 60.6 Å². The van der Waals surface area contributed by atoms with Gasteiger partial charge in [0.1, 0.15) is 11.6 Å². The van der Waals surface area contributed by atoms with E-state index in [-0.39, 0.29) is 23.8 Å². The Bertz CT molecular complexity index is 1230. The summed E-state index contributed by atoms with van der Waals surface area (Å²) in [6.45, 7) is 4.20. The predicted octanol–water partition coefficient (Wildman–Crippen LogP) is 5.87. The van der Waals surface area contributed by atoms with Crippen LogP contribution < -0.4 is 4.74 Å². The van der Waals surface area contributed by atoms with E-state index in [0.29, 0.717) is 5.92 Å². The molecular formula is C28H30FN3O2. The fourth-order valence-corrected chi connectivity index (χ4v) is 5.45. The van der Waals surface area contributed by atoms with Crippen molar-refractivity contribution in [3.63, 3.8) is 0 Å². The van der Waals surface area contributed by atoms with Gasteiger partial charge in [0, 0.05) is 17.8 Å². The number of benzene rings is 2. The van der Waals surface area contributed by atoms with E-state index in [0.717, 1.165) is 59.5 Å². The first kappa shape index (κ1) is 22.4. The Hall–Kier alpha value is -3.41. The third kappa shape index (κ3) is 4.25. The summed E-state index contributed by atoms with van der Waals surface area (Å²) in [6, 6.07) is 12.8. The van der Waals surface area contributed by atoms with Gasteiger partial charge in [0.05, 0.1) is 30.9 Å². The number of nitrogens with zero attached hydrogens (tertiary/aromatic N) is 3. The largest absolute Gasteiger partial charge is 0.495 e. The predicted molar refractivity (Wildman–Crippen MR) is 130 cm³/mol. The number of fused-ring (bicyclic) bond motifs is 1. The van der Waals surface area contributed by atoms with Gasteiger partial charge in [-0.2, -0.15) is 0 Å². The average molecular weight is 460 g/mol. The zero-order valence-corrected chi connectivity index (χ0v) is 19.9. The molecule has 6 heteroatoms. The van der Waals surface area contributed by atoms with Crippen LogP contribution in [-0.4, -0.2) is 33.5 Å². The third-order valence-electron chi connectivity index (χ3n) is 7.07. The van der Waals surface area contributed by atoms with E-state index < -0.39 is 0 Å². The van der Waals surface area contributed by atoms with E-state index >= 15 is 0 Å². The summed E-state index contributed by atoms with van der Waals surface area (Å²) < 4.78 is 21.1. The molecule has 34 heavy (non-hydrogen) atoms. The van der Waals surface area contributed by atoms with E-state index in [2.05, 4.69) is 16.8 Å². The summed E-state index contributed by atoms with van der Waals surface area (Å²) in [6.07, 6.45) is 9.33. The molecule has 0 aliphatic carbocycles. The van der Waals surface area contributed by atoms with Crippen molar-refractivity contribution in [2.24, 2.45) is 5.92 Å². The molecule has 0 bridgehead atoms. The topological polar surface area (TPSA) is 47.4 Å². The first-order valence-corrected chi connectivity index (χ1v) is 11.9. The monoisotopic (exact) mass is 459 g/mol. The molecule has 3 atom stereocenters. The smallest absolute Gasteiger partial charge is 0.250 e. The van der Waals surface area contributed by atoms with Crippen LogP contribution in [-0.2, 0) is 4.79 Å². The highest BCUT2D eigenvalue weighted by molar-refractivity contribution is 5.99. The molecule has 2 saturated heterocycles. The first-order valence-electron chi connectivity index (χ1n) is 11.9. The normalized spacial score (nSPS) is 23.8. The summed E-state index contributed by atoms with van der Waals surface area (Å²) in [4.78, 5) is 20.1. The highest BCUT2D eigenvalue weighted by Gasteiger charge is 2.41. The Labute approximate surface area is 199 Å². The average Bonchev–Trinajstić information content (AvgIpc) is 3.26. The molecule has 176 valence electrons. The molecule has 1 aromatic heterocycles. The first-order chi connectivity index (χ1) is 16.4. The zero-order valence-electron chi connectivity index (χ0n) is 19.9. The number of aromatic nitrogens is 2. The molecule has 0 N–H and O–H groups in total. The molecule has 0 spiro atoms. The van der Waals surface area contributed by atoms with Gasteiger partial charge < -0.3 is 14.2 Å². The maximum absolute atomic E-state index is 13.7. The van der Waals surface area contributed by atoms with Gasteiger partial charge in [-0.1, -0.05) is 25.1 Å². The molecule has 1 amide bonds. The van der Waals surface area contributed by atoms with Crippen LogP contribution in [0.4, 0.5) is 4.39 Å². The van der Waals surface area contributed by atoms with Gasteiger partial charge in [-0.25, -0.2) is 9.37 Å². The number of hydrogen-bond acceptors (Lipinski definition) is 3. The standard InChI is InChI=1S/C28H30FN3O2/c1-18-12-24-10-7-22(28(33)32(24)26(13-18)21-5-8-23(29)9-6-21)14-20-4-11-25(27(15-20)34-3)31-16-19(2)30-17-31/h4-6,8-9,11,14-18,24,26H,7,10,12-13H2,1-3H3/t18-,24+,26-/m1/s1. The molecule has 5 nitrogen and oxygen atoms in total. The van der Waals surface area contributed by atoms with Gasteiger partial charge in [-0.3, -0.25) is 4.79 Å². The number of amides is 1.